The Labute approximate surface area is 137 Å². The van der Waals surface area contributed by atoms with Gasteiger partial charge in [0.1, 0.15) is 6.04 Å². The van der Waals surface area contributed by atoms with Gasteiger partial charge in [0, 0.05) is 29.4 Å². The van der Waals surface area contributed by atoms with Crippen LogP contribution < -0.4 is 10.2 Å². The van der Waals surface area contributed by atoms with Gasteiger partial charge >= 0.3 is 5.97 Å². The normalized spacial score (nSPS) is 19.1. The lowest BCUT2D eigenvalue weighted by molar-refractivity contribution is -0.141. The number of carboxylic acid groups (broad SMARTS) is 1. The van der Waals surface area contributed by atoms with Crippen LogP contribution in [0.4, 0.5) is 5.69 Å². The summed E-state index contributed by atoms with van der Waals surface area (Å²) in [6.07, 6.45) is 0.0490. The fraction of sp³-hybridized carbons (Fsp3) is 0.357. The predicted octanol–water partition coefficient (Wildman–Crippen LogP) is 1.19. The number of hydrogen-bond acceptors (Lipinski definition) is 4. The first kappa shape index (κ1) is 16.6. The third-order valence-electron chi connectivity index (χ3n) is 3.43. The van der Waals surface area contributed by atoms with Gasteiger partial charge in [0.15, 0.2) is 0 Å². The number of carbonyl (C=O) groups excluding carboxylic acids is 2. The Morgan fingerprint density at radius 3 is 2.59 bits per heavy atom. The molecule has 1 aromatic carbocycles. The van der Waals surface area contributed by atoms with Crippen LogP contribution in [0.5, 0.6) is 0 Å². The van der Waals surface area contributed by atoms with E-state index < -0.39 is 23.8 Å². The average Bonchev–Trinajstić information content (AvgIpc) is 2.87. The lowest BCUT2D eigenvalue weighted by Crippen LogP contribution is -2.45. The SMILES string of the molecule is O=C(NC(CS)C(=O)O)C1CC(=O)N(c2ccc(Cl)cc2)C1. The summed E-state index contributed by atoms with van der Waals surface area (Å²) < 4.78 is 0. The molecule has 2 unspecified atom stereocenters. The van der Waals surface area contributed by atoms with Gasteiger partial charge in [0.25, 0.3) is 0 Å². The minimum absolute atomic E-state index is 0.0113. The highest BCUT2D eigenvalue weighted by Gasteiger charge is 2.36. The quantitative estimate of drug-likeness (QED) is 0.702. The number of carboxylic acids is 1. The molecule has 2 amide bonds. The van der Waals surface area contributed by atoms with Crippen molar-refractivity contribution in [2.75, 3.05) is 17.2 Å². The standard InChI is InChI=1S/C14H15ClN2O4S/c15-9-1-3-10(4-2-9)17-6-8(5-12(17)18)13(19)16-11(7-22)14(20)21/h1-4,8,11,22H,5-7H2,(H,16,19)(H,20,21). The molecular weight excluding hydrogens is 328 g/mol. The smallest absolute Gasteiger partial charge is 0.327 e. The molecule has 1 heterocycles. The van der Waals surface area contributed by atoms with Crippen LogP contribution in [0, 0.1) is 5.92 Å². The van der Waals surface area contributed by atoms with E-state index >= 15 is 0 Å². The van der Waals surface area contributed by atoms with Crippen molar-refractivity contribution < 1.29 is 19.5 Å². The van der Waals surface area contributed by atoms with Gasteiger partial charge in [-0.15, -0.1) is 0 Å². The molecule has 0 aliphatic carbocycles. The Hall–Kier alpha value is -1.73. The van der Waals surface area contributed by atoms with E-state index in [1.807, 2.05) is 0 Å². The zero-order valence-corrected chi connectivity index (χ0v) is 13.2. The molecule has 1 aromatic rings. The summed E-state index contributed by atoms with van der Waals surface area (Å²) in [5.74, 6) is -2.37. The molecule has 2 rings (SSSR count). The molecule has 8 heteroatoms. The molecule has 1 aliphatic rings. The van der Waals surface area contributed by atoms with Gasteiger partial charge in [0.2, 0.25) is 11.8 Å². The van der Waals surface area contributed by atoms with E-state index in [1.54, 1.807) is 24.3 Å². The summed E-state index contributed by atoms with van der Waals surface area (Å²) in [6.45, 7) is 0.214. The van der Waals surface area contributed by atoms with Gasteiger partial charge in [-0.1, -0.05) is 11.6 Å². The summed E-state index contributed by atoms with van der Waals surface area (Å²) in [5.41, 5.74) is 0.661. The summed E-state index contributed by atoms with van der Waals surface area (Å²) in [6, 6.07) is 5.68. The maximum Gasteiger partial charge on any atom is 0.327 e. The first-order chi connectivity index (χ1) is 10.4. The minimum Gasteiger partial charge on any atom is -0.480 e. The third-order valence-corrected chi connectivity index (χ3v) is 4.05. The molecule has 1 aliphatic heterocycles. The van der Waals surface area contributed by atoms with E-state index in [-0.39, 0.29) is 24.6 Å². The lowest BCUT2D eigenvalue weighted by Gasteiger charge is -2.18. The Morgan fingerprint density at radius 2 is 2.05 bits per heavy atom. The van der Waals surface area contributed by atoms with Crippen LogP contribution in [0.15, 0.2) is 24.3 Å². The van der Waals surface area contributed by atoms with Crippen molar-refractivity contribution >= 4 is 47.7 Å². The number of aliphatic carboxylic acids is 1. The first-order valence-corrected chi connectivity index (χ1v) is 7.63. The molecule has 1 fully saturated rings. The van der Waals surface area contributed by atoms with Gasteiger partial charge in [0.05, 0.1) is 5.92 Å². The van der Waals surface area contributed by atoms with E-state index in [2.05, 4.69) is 17.9 Å². The van der Waals surface area contributed by atoms with Crippen LogP contribution in [0.2, 0.25) is 5.02 Å². The number of halogens is 1. The van der Waals surface area contributed by atoms with E-state index in [4.69, 9.17) is 16.7 Å². The minimum atomic E-state index is -1.15. The van der Waals surface area contributed by atoms with Crippen LogP contribution in [0.3, 0.4) is 0 Å². The van der Waals surface area contributed by atoms with Crippen molar-refractivity contribution in [1.82, 2.24) is 5.32 Å². The first-order valence-electron chi connectivity index (χ1n) is 6.62. The second-order valence-electron chi connectivity index (χ2n) is 4.96. The highest BCUT2D eigenvalue weighted by atomic mass is 35.5. The molecule has 0 aromatic heterocycles. The Kier molecular flexibility index (Phi) is 5.31. The van der Waals surface area contributed by atoms with Gasteiger partial charge in [-0.25, -0.2) is 4.79 Å². The number of benzene rings is 1. The molecule has 118 valence electrons. The van der Waals surface area contributed by atoms with Crippen LogP contribution >= 0.6 is 24.2 Å². The van der Waals surface area contributed by atoms with Crippen molar-refractivity contribution in [2.45, 2.75) is 12.5 Å². The van der Waals surface area contributed by atoms with E-state index in [9.17, 15) is 14.4 Å². The van der Waals surface area contributed by atoms with E-state index in [0.717, 1.165) is 0 Å². The molecule has 1 saturated heterocycles. The second kappa shape index (κ2) is 7.02. The van der Waals surface area contributed by atoms with Gasteiger partial charge in [-0.2, -0.15) is 12.6 Å². The van der Waals surface area contributed by atoms with E-state index in [0.29, 0.717) is 10.7 Å². The molecule has 0 spiro atoms. The number of rotatable bonds is 5. The van der Waals surface area contributed by atoms with E-state index in [1.165, 1.54) is 4.90 Å². The van der Waals surface area contributed by atoms with Gasteiger partial charge in [-0.3, -0.25) is 9.59 Å². The van der Waals surface area contributed by atoms with Crippen molar-refractivity contribution in [1.29, 1.82) is 0 Å². The summed E-state index contributed by atoms with van der Waals surface area (Å²) in [5, 5.41) is 11.9. The number of anilines is 1. The lowest BCUT2D eigenvalue weighted by atomic mass is 10.1. The van der Waals surface area contributed by atoms with Crippen LogP contribution in [0.25, 0.3) is 0 Å². The fourth-order valence-corrected chi connectivity index (χ4v) is 2.60. The maximum atomic E-state index is 12.1. The molecule has 6 nitrogen and oxygen atoms in total. The number of carbonyl (C=O) groups is 3. The predicted molar refractivity (Wildman–Crippen MR) is 85.3 cm³/mol. The molecule has 0 bridgehead atoms. The van der Waals surface area contributed by atoms with Crippen molar-refractivity contribution in [3.8, 4) is 0 Å². The zero-order chi connectivity index (χ0) is 16.3. The number of nitrogens with one attached hydrogen (secondary N) is 1. The second-order valence-corrected chi connectivity index (χ2v) is 5.77. The van der Waals surface area contributed by atoms with Crippen molar-refractivity contribution in [2.24, 2.45) is 5.92 Å². The zero-order valence-electron chi connectivity index (χ0n) is 11.5. The molecule has 0 saturated carbocycles. The monoisotopic (exact) mass is 342 g/mol. The third kappa shape index (κ3) is 3.72. The average molecular weight is 343 g/mol. The number of hydrogen-bond donors (Lipinski definition) is 3. The van der Waals surface area contributed by atoms with Crippen LogP contribution in [-0.2, 0) is 14.4 Å². The maximum absolute atomic E-state index is 12.1. The fourth-order valence-electron chi connectivity index (χ4n) is 2.23. The topological polar surface area (TPSA) is 86.7 Å². The Bertz CT molecular complexity index is 593. The number of nitrogens with zero attached hydrogens (tertiary/aromatic N) is 1. The Balaban J connectivity index is 2.04. The van der Waals surface area contributed by atoms with Gasteiger partial charge < -0.3 is 15.3 Å². The highest BCUT2D eigenvalue weighted by molar-refractivity contribution is 7.80. The largest absolute Gasteiger partial charge is 0.480 e. The van der Waals surface area contributed by atoms with Gasteiger partial charge in [-0.05, 0) is 24.3 Å². The molecule has 2 N–H and O–H groups in total. The number of amides is 2. The van der Waals surface area contributed by atoms with Crippen LogP contribution in [-0.4, -0.2) is 41.2 Å². The summed E-state index contributed by atoms with van der Waals surface area (Å²) in [7, 11) is 0. The molecule has 2 atom stereocenters. The summed E-state index contributed by atoms with van der Waals surface area (Å²) in [4.78, 5) is 36.5. The molecule has 22 heavy (non-hydrogen) atoms. The summed E-state index contributed by atoms with van der Waals surface area (Å²) >= 11 is 9.70. The molecule has 0 radical (unpaired) electrons. The highest BCUT2D eigenvalue weighted by Crippen LogP contribution is 2.26. The van der Waals surface area contributed by atoms with Crippen molar-refractivity contribution in [3.05, 3.63) is 29.3 Å². The number of thiol groups is 1. The Morgan fingerprint density at radius 1 is 1.41 bits per heavy atom. The van der Waals surface area contributed by atoms with Crippen molar-refractivity contribution in [3.63, 3.8) is 0 Å². The van der Waals surface area contributed by atoms with Crippen LogP contribution in [0.1, 0.15) is 6.42 Å². The molecular formula is C14H15ClN2O4S.